The number of para-hydroxylation sites is 1. The van der Waals surface area contributed by atoms with Crippen LogP contribution in [-0.4, -0.2) is 17.4 Å². The van der Waals surface area contributed by atoms with Crippen LogP contribution in [-0.2, 0) is 4.79 Å². The molecule has 1 amide bonds. The first kappa shape index (κ1) is 23.8. The summed E-state index contributed by atoms with van der Waals surface area (Å²) >= 11 is 9.18. The number of rotatable bonds is 7. The molecular weight excluding hydrogens is 486 g/mol. The van der Waals surface area contributed by atoms with Crippen LogP contribution in [0.5, 0.6) is 0 Å². The first-order chi connectivity index (χ1) is 16.5. The number of nitriles is 1. The zero-order valence-corrected chi connectivity index (χ0v) is 20.6. The van der Waals surface area contributed by atoms with Gasteiger partial charge in [0.2, 0.25) is 0 Å². The van der Waals surface area contributed by atoms with Gasteiger partial charge in [0.15, 0.2) is 5.78 Å². The van der Waals surface area contributed by atoms with Crippen LogP contribution in [0.1, 0.15) is 28.1 Å². The molecule has 34 heavy (non-hydrogen) atoms. The van der Waals surface area contributed by atoms with Crippen molar-refractivity contribution in [3.8, 4) is 6.07 Å². The van der Waals surface area contributed by atoms with Crippen LogP contribution in [0.25, 0.3) is 0 Å². The fraction of sp³-hybridized carbons (Fsp3) is 0.115. The third kappa shape index (κ3) is 5.10. The van der Waals surface area contributed by atoms with E-state index in [4.69, 9.17) is 11.6 Å². The lowest BCUT2D eigenvalue weighted by Crippen LogP contribution is -2.31. The Morgan fingerprint density at radius 1 is 1.12 bits per heavy atom. The number of allylic oxidation sites excluding steroid dienone is 2. The minimum atomic E-state index is -0.678. The number of halogens is 1. The fourth-order valence-electron chi connectivity index (χ4n) is 3.71. The molecule has 3 aromatic rings. The molecule has 0 unspecified atom stereocenters. The van der Waals surface area contributed by atoms with Gasteiger partial charge in [-0.05, 0) is 42.1 Å². The van der Waals surface area contributed by atoms with Crippen LogP contribution in [0.2, 0.25) is 5.02 Å². The Labute approximate surface area is 211 Å². The molecule has 2 heterocycles. The number of Topliss-reactive ketones (excluding diaryl/α,β-unsaturated/α-hetero) is 1. The minimum absolute atomic E-state index is 0.0184. The Bertz CT molecular complexity index is 1330. The van der Waals surface area contributed by atoms with Crippen molar-refractivity contribution < 1.29 is 9.59 Å². The van der Waals surface area contributed by atoms with Crippen molar-refractivity contribution in [1.82, 2.24) is 5.32 Å². The largest absolute Gasteiger partial charge is 0.353 e. The predicted molar refractivity (Wildman–Crippen MR) is 139 cm³/mol. The van der Waals surface area contributed by atoms with Crippen molar-refractivity contribution in [3.63, 3.8) is 0 Å². The molecule has 1 atom stereocenters. The second kappa shape index (κ2) is 10.7. The van der Waals surface area contributed by atoms with Crippen molar-refractivity contribution in [2.75, 3.05) is 11.1 Å². The van der Waals surface area contributed by atoms with Crippen molar-refractivity contribution in [1.29, 1.82) is 5.26 Å². The highest BCUT2D eigenvalue weighted by molar-refractivity contribution is 8.03. The van der Waals surface area contributed by atoms with E-state index in [0.29, 0.717) is 43.0 Å². The van der Waals surface area contributed by atoms with Gasteiger partial charge in [0, 0.05) is 22.0 Å². The standard InChI is InChI=1S/C26H20ClN3O2S2/c1-16-23(25(32)30-17-8-3-2-4-9-17)24(18-10-5-6-11-20(18)27)19(14-28)26(29-16)34-15-21(31)22-12-7-13-33-22/h2-13,24,29H,15H2,1H3,(H,30,32)/t24-/m1/s1. The number of benzene rings is 2. The normalized spacial score (nSPS) is 15.5. The quantitative estimate of drug-likeness (QED) is 0.365. The number of nitrogens with zero attached hydrogens (tertiary/aromatic N) is 1. The van der Waals surface area contributed by atoms with Gasteiger partial charge in [-0.1, -0.05) is 65.8 Å². The van der Waals surface area contributed by atoms with Crippen molar-refractivity contribution in [3.05, 3.63) is 109 Å². The van der Waals surface area contributed by atoms with E-state index in [9.17, 15) is 14.9 Å². The molecule has 4 rings (SSSR count). The first-order valence-electron chi connectivity index (χ1n) is 10.4. The summed E-state index contributed by atoms with van der Waals surface area (Å²) in [6.45, 7) is 1.79. The van der Waals surface area contributed by atoms with E-state index in [1.807, 2.05) is 41.8 Å². The third-order valence-electron chi connectivity index (χ3n) is 5.28. The van der Waals surface area contributed by atoms with Gasteiger partial charge in [-0.2, -0.15) is 5.26 Å². The number of hydrogen-bond acceptors (Lipinski definition) is 6. The summed E-state index contributed by atoms with van der Waals surface area (Å²) in [6.07, 6.45) is 0. The highest BCUT2D eigenvalue weighted by Crippen LogP contribution is 2.43. The molecule has 0 saturated heterocycles. The molecule has 170 valence electrons. The van der Waals surface area contributed by atoms with Gasteiger partial charge >= 0.3 is 0 Å². The van der Waals surface area contributed by atoms with Crippen LogP contribution in [0.4, 0.5) is 5.69 Å². The van der Waals surface area contributed by atoms with E-state index < -0.39 is 5.92 Å². The molecule has 0 saturated carbocycles. The summed E-state index contributed by atoms with van der Waals surface area (Å²) < 4.78 is 0. The number of anilines is 1. The van der Waals surface area contributed by atoms with Crippen molar-refractivity contribution >= 4 is 52.1 Å². The molecule has 1 aliphatic heterocycles. The van der Waals surface area contributed by atoms with E-state index >= 15 is 0 Å². The van der Waals surface area contributed by atoms with Crippen LogP contribution < -0.4 is 10.6 Å². The van der Waals surface area contributed by atoms with Gasteiger partial charge < -0.3 is 10.6 Å². The third-order valence-corrected chi connectivity index (χ3v) is 7.56. The molecule has 5 nitrogen and oxygen atoms in total. The lowest BCUT2D eigenvalue weighted by molar-refractivity contribution is -0.113. The SMILES string of the molecule is CC1=C(C(=O)Nc2ccccc2)[C@H](c2ccccc2Cl)C(C#N)=C(SCC(=O)c2cccs2)N1. The lowest BCUT2D eigenvalue weighted by Gasteiger charge is -2.30. The molecule has 2 aromatic carbocycles. The number of carbonyl (C=O) groups is 2. The molecule has 0 bridgehead atoms. The lowest BCUT2D eigenvalue weighted by atomic mass is 9.82. The Hall–Kier alpha value is -3.31. The van der Waals surface area contributed by atoms with Crippen LogP contribution >= 0.6 is 34.7 Å². The topological polar surface area (TPSA) is 82.0 Å². The number of amides is 1. The highest BCUT2D eigenvalue weighted by Gasteiger charge is 2.36. The average molecular weight is 506 g/mol. The highest BCUT2D eigenvalue weighted by atomic mass is 35.5. The van der Waals surface area contributed by atoms with Gasteiger partial charge in [-0.25, -0.2) is 0 Å². The van der Waals surface area contributed by atoms with Gasteiger partial charge in [0.25, 0.3) is 5.91 Å². The summed E-state index contributed by atoms with van der Waals surface area (Å²) in [7, 11) is 0. The van der Waals surface area contributed by atoms with E-state index in [1.165, 1.54) is 23.1 Å². The number of thiophene rings is 1. The monoisotopic (exact) mass is 505 g/mol. The maximum Gasteiger partial charge on any atom is 0.254 e. The minimum Gasteiger partial charge on any atom is -0.353 e. The van der Waals surface area contributed by atoms with Gasteiger partial charge in [0.05, 0.1) is 33.2 Å². The Balaban J connectivity index is 1.72. The molecule has 1 aromatic heterocycles. The maximum atomic E-state index is 13.4. The molecule has 0 fully saturated rings. The van der Waals surface area contributed by atoms with Crippen LogP contribution in [0.3, 0.4) is 0 Å². The maximum absolute atomic E-state index is 13.4. The smallest absolute Gasteiger partial charge is 0.254 e. The summed E-state index contributed by atoms with van der Waals surface area (Å²) in [5, 5.41) is 19.1. The first-order valence-corrected chi connectivity index (χ1v) is 12.7. The second-order valence-corrected chi connectivity index (χ2v) is 9.82. The summed E-state index contributed by atoms with van der Waals surface area (Å²) in [5.74, 6) is -0.854. The van der Waals surface area contributed by atoms with Crippen LogP contribution in [0, 0.1) is 11.3 Å². The van der Waals surface area contributed by atoms with E-state index in [0.717, 1.165) is 0 Å². The predicted octanol–water partition coefficient (Wildman–Crippen LogP) is 6.35. The molecule has 0 spiro atoms. The summed E-state index contributed by atoms with van der Waals surface area (Å²) in [5.41, 5.74) is 2.66. The molecule has 2 N–H and O–H groups in total. The number of dihydropyridines is 1. The van der Waals surface area contributed by atoms with Gasteiger partial charge in [-0.3, -0.25) is 9.59 Å². The van der Waals surface area contributed by atoms with Gasteiger partial charge in [-0.15, -0.1) is 11.3 Å². The van der Waals surface area contributed by atoms with E-state index in [-0.39, 0.29) is 17.4 Å². The van der Waals surface area contributed by atoms with E-state index in [1.54, 1.807) is 37.3 Å². The number of nitrogens with one attached hydrogen (secondary N) is 2. The Morgan fingerprint density at radius 2 is 1.85 bits per heavy atom. The number of hydrogen-bond donors (Lipinski definition) is 2. The number of ketones is 1. The summed E-state index contributed by atoms with van der Waals surface area (Å²) in [4.78, 5) is 26.7. The average Bonchev–Trinajstić information content (AvgIpc) is 3.38. The molecule has 0 aliphatic carbocycles. The molecule has 1 aliphatic rings. The Kier molecular flexibility index (Phi) is 7.53. The van der Waals surface area contributed by atoms with Gasteiger partial charge in [0.1, 0.15) is 0 Å². The number of carbonyl (C=O) groups excluding carboxylic acids is 2. The number of thioether (sulfide) groups is 1. The molecule has 8 heteroatoms. The zero-order valence-electron chi connectivity index (χ0n) is 18.2. The van der Waals surface area contributed by atoms with Crippen LogP contribution in [0.15, 0.2) is 94.0 Å². The van der Waals surface area contributed by atoms with E-state index in [2.05, 4.69) is 16.7 Å². The van der Waals surface area contributed by atoms with Crippen molar-refractivity contribution in [2.24, 2.45) is 0 Å². The molecular formula is C26H20ClN3O2S2. The molecule has 0 radical (unpaired) electrons. The van der Waals surface area contributed by atoms with Crippen molar-refractivity contribution in [2.45, 2.75) is 12.8 Å². The fourth-order valence-corrected chi connectivity index (χ4v) is 5.69. The second-order valence-electron chi connectivity index (χ2n) is 7.48. The Morgan fingerprint density at radius 3 is 2.53 bits per heavy atom. The zero-order chi connectivity index (χ0) is 24.1. The summed E-state index contributed by atoms with van der Waals surface area (Å²) in [6, 6.07) is 22.2.